The van der Waals surface area contributed by atoms with Gasteiger partial charge in [-0.3, -0.25) is 4.79 Å². The van der Waals surface area contributed by atoms with Gasteiger partial charge in [-0.25, -0.2) is 8.42 Å². The molecule has 0 saturated carbocycles. The molecule has 9 nitrogen and oxygen atoms in total. The van der Waals surface area contributed by atoms with E-state index in [9.17, 15) is 18.3 Å². The first-order chi connectivity index (χ1) is 13.7. The largest absolute Gasteiger partial charge is 0.480 e. The lowest BCUT2D eigenvalue weighted by Gasteiger charge is -2.18. The number of sulfonamides is 1. The maximum atomic E-state index is 12.5. The van der Waals surface area contributed by atoms with Crippen LogP contribution in [-0.4, -0.2) is 45.7 Å². The van der Waals surface area contributed by atoms with Gasteiger partial charge in [-0.1, -0.05) is 29.8 Å². The zero-order valence-electron chi connectivity index (χ0n) is 15.5. The predicted molar refractivity (Wildman–Crippen MR) is 109 cm³/mol. The van der Waals surface area contributed by atoms with Crippen molar-refractivity contribution in [3.8, 4) is 17.1 Å². The summed E-state index contributed by atoms with van der Waals surface area (Å²) in [5, 5.41) is 21.5. The lowest BCUT2D eigenvalue weighted by Crippen LogP contribution is -2.44. The van der Waals surface area contributed by atoms with Crippen LogP contribution in [0.1, 0.15) is 13.8 Å². The highest BCUT2D eigenvalue weighted by molar-refractivity contribution is 9.10. The second-order valence-electron chi connectivity index (χ2n) is 6.58. The van der Waals surface area contributed by atoms with E-state index < -0.39 is 28.0 Å². The van der Waals surface area contributed by atoms with E-state index in [-0.39, 0.29) is 4.90 Å². The summed E-state index contributed by atoms with van der Waals surface area (Å²) in [6.45, 7) is 3.26. The second-order valence-corrected chi connectivity index (χ2v) is 9.21. The van der Waals surface area contributed by atoms with Crippen molar-refractivity contribution >= 4 is 31.9 Å². The van der Waals surface area contributed by atoms with Crippen molar-refractivity contribution < 1.29 is 18.3 Å². The van der Waals surface area contributed by atoms with Crippen molar-refractivity contribution in [2.24, 2.45) is 5.92 Å². The highest BCUT2D eigenvalue weighted by atomic mass is 79.9. The summed E-state index contributed by atoms with van der Waals surface area (Å²) in [6.07, 6.45) is 0. The molecule has 0 amide bonds. The molecule has 1 atom stereocenters. The fraction of sp³-hybridized carbons (Fsp3) is 0.222. The number of nitrogens with zero attached hydrogens (tertiary/aromatic N) is 4. The van der Waals surface area contributed by atoms with Gasteiger partial charge < -0.3 is 5.11 Å². The Hall–Kier alpha value is -2.63. The van der Waals surface area contributed by atoms with Gasteiger partial charge >= 0.3 is 5.97 Å². The molecule has 2 aromatic carbocycles. The number of halogens is 1. The third kappa shape index (κ3) is 4.86. The molecule has 0 saturated heterocycles. The molecular weight excluding hydrogens is 462 g/mol. The summed E-state index contributed by atoms with van der Waals surface area (Å²) in [6, 6.07) is 12.0. The summed E-state index contributed by atoms with van der Waals surface area (Å²) in [4.78, 5) is 12.6. The van der Waals surface area contributed by atoms with E-state index in [1.807, 2.05) is 24.3 Å². The molecule has 0 aliphatic rings. The molecule has 0 aliphatic carbocycles. The van der Waals surface area contributed by atoms with Gasteiger partial charge in [-0.05, 0) is 59.7 Å². The fourth-order valence-corrected chi connectivity index (χ4v) is 4.11. The molecule has 3 rings (SSSR count). The molecule has 1 unspecified atom stereocenters. The lowest BCUT2D eigenvalue weighted by molar-refractivity contribution is -0.140. The van der Waals surface area contributed by atoms with Crippen molar-refractivity contribution in [1.29, 1.82) is 0 Å². The van der Waals surface area contributed by atoms with Gasteiger partial charge in [0.2, 0.25) is 15.8 Å². The fourth-order valence-electron chi connectivity index (χ4n) is 2.50. The van der Waals surface area contributed by atoms with E-state index in [0.717, 1.165) is 10.2 Å². The second kappa shape index (κ2) is 8.39. The van der Waals surface area contributed by atoms with Crippen LogP contribution < -0.4 is 4.72 Å². The number of carboxylic acids is 1. The van der Waals surface area contributed by atoms with Gasteiger partial charge in [0, 0.05) is 10.0 Å². The summed E-state index contributed by atoms with van der Waals surface area (Å²) < 4.78 is 28.1. The molecule has 0 radical (unpaired) electrons. The van der Waals surface area contributed by atoms with Crippen LogP contribution in [0.2, 0.25) is 0 Å². The maximum absolute atomic E-state index is 12.5. The molecule has 0 aliphatic heterocycles. The summed E-state index contributed by atoms with van der Waals surface area (Å²) >= 11 is 3.36. The first-order valence-corrected chi connectivity index (χ1v) is 10.9. The van der Waals surface area contributed by atoms with Gasteiger partial charge in [-0.2, -0.15) is 4.72 Å². The maximum Gasteiger partial charge on any atom is 0.322 e. The van der Waals surface area contributed by atoms with Crippen LogP contribution in [-0.2, 0) is 14.8 Å². The molecule has 0 fully saturated rings. The predicted octanol–water partition coefficient (Wildman–Crippen LogP) is 2.48. The highest BCUT2D eigenvalue weighted by Gasteiger charge is 2.28. The van der Waals surface area contributed by atoms with Crippen LogP contribution in [0, 0.1) is 5.92 Å². The van der Waals surface area contributed by atoms with Gasteiger partial charge in [0.25, 0.3) is 0 Å². The number of aliphatic carboxylic acids is 1. The Morgan fingerprint density at radius 3 is 2.28 bits per heavy atom. The SMILES string of the molecule is CC(C)C(NS(=O)(=O)c1ccc(-c2nnn(-c3ccc(Br)cc3)n2)cc1)C(=O)O. The number of hydrogen-bond acceptors (Lipinski definition) is 6. The molecule has 0 bridgehead atoms. The summed E-state index contributed by atoms with van der Waals surface area (Å²) in [7, 11) is -3.99. The molecule has 1 heterocycles. The van der Waals surface area contributed by atoms with Gasteiger partial charge in [-0.15, -0.1) is 15.0 Å². The number of aromatic nitrogens is 4. The van der Waals surface area contributed by atoms with Gasteiger partial charge in [0.15, 0.2) is 0 Å². The summed E-state index contributed by atoms with van der Waals surface area (Å²) in [5.74, 6) is -1.30. The van der Waals surface area contributed by atoms with E-state index in [0.29, 0.717) is 11.4 Å². The smallest absolute Gasteiger partial charge is 0.322 e. The number of hydrogen-bond donors (Lipinski definition) is 2. The minimum atomic E-state index is -3.99. The molecule has 11 heteroatoms. The minimum absolute atomic E-state index is 0.0477. The van der Waals surface area contributed by atoms with E-state index in [1.54, 1.807) is 26.0 Å². The molecule has 2 N–H and O–H groups in total. The Bertz CT molecular complexity index is 1110. The normalized spacial score (nSPS) is 12.8. The van der Waals surface area contributed by atoms with Crippen LogP contribution in [0.15, 0.2) is 57.9 Å². The Balaban J connectivity index is 1.81. The number of tetrazole rings is 1. The zero-order chi connectivity index (χ0) is 21.2. The van der Waals surface area contributed by atoms with Crippen molar-refractivity contribution in [3.63, 3.8) is 0 Å². The summed E-state index contributed by atoms with van der Waals surface area (Å²) in [5.41, 5.74) is 1.30. The van der Waals surface area contributed by atoms with Crippen molar-refractivity contribution in [1.82, 2.24) is 24.9 Å². The third-order valence-corrected chi connectivity index (χ3v) is 6.09. The van der Waals surface area contributed by atoms with E-state index in [4.69, 9.17) is 0 Å². The first kappa shape index (κ1) is 21.1. The molecular formula is C18H18BrN5O4S. The number of nitrogens with one attached hydrogen (secondary N) is 1. The van der Waals surface area contributed by atoms with E-state index in [2.05, 4.69) is 36.1 Å². The van der Waals surface area contributed by atoms with E-state index >= 15 is 0 Å². The quantitative estimate of drug-likeness (QED) is 0.532. The van der Waals surface area contributed by atoms with E-state index in [1.165, 1.54) is 16.9 Å². The number of carboxylic acid groups (broad SMARTS) is 1. The Morgan fingerprint density at radius 1 is 1.10 bits per heavy atom. The Morgan fingerprint density at radius 2 is 1.72 bits per heavy atom. The van der Waals surface area contributed by atoms with Crippen LogP contribution in [0.5, 0.6) is 0 Å². The van der Waals surface area contributed by atoms with Crippen LogP contribution in [0.4, 0.5) is 0 Å². The standard InChI is InChI=1S/C18H18BrN5O4S/c1-11(2)16(18(25)26)22-29(27,28)15-9-3-12(4-10-15)17-20-23-24(21-17)14-7-5-13(19)6-8-14/h3-11,16,22H,1-2H3,(H,25,26). The minimum Gasteiger partial charge on any atom is -0.480 e. The topological polar surface area (TPSA) is 127 Å². The number of rotatable bonds is 7. The van der Waals surface area contributed by atoms with Crippen molar-refractivity contribution in [3.05, 3.63) is 53.0 Å². The lowest BCUT2D eigenvalue weighted by atomic mass is 10.1. The Labute approximate surface area is 175 Å². The average Bonchev–Trinajstić information content (AvgIpc) is 3.16. The van der Waals surface area contributed by atoms with Crippen LogP contribution in [0.3, 0.4) is 0 Å². The third-order valence-electron chi connectivity index (χ3n) is 4.11. The molecule has 1 aromatic heterocycles. The zero-order valence-corrected chi connectivity index (χ0v) is 17.9. The Kier molecular flexibility index (Phi) is 6.10. The molecule has 152 valence electrons. The van der Waals surface area contributed by atoms with Crippen molar-refractivity contribution in [2.45, 2.75) is 24.8 Å². The first-order valence-electron chi connectivity index (χ1n) is 8.59. The monoisotopic (exact) mass is 479 g/mol. The van der Waals surface area contributed by atoms with Crippen LogP contribution in [0.25, 0.3) is 17.1 Å². The number of benzene rings is 2. The molecule has 3 aromatic rings. The van der Waals surface area contributed by atoms with Gasteiger partial charge in [0.1, 0.15) is 6.04 Å². The molecule has 29 heavy (non-hydrogen) atoms. The van der Waals surface area contributed by atoms with Crippen molar-refractivity contribution in [2.75, 3.05) is 0 Å². The highest BCUT2D eigenvalue weighted by Crippen LogP contribution is 2.19. The van der Waals surface area contributed by atoms with Crippen LogP contribution >= 0.6 is 15.9 Å². The average molecular weight is 480 g/mol. The molecule has 0 spiro atoms. The number of carbonyl (C=O) groups is 1. The van der Waals surface area contributed by atoms with Gasteiger partial charge in [0.05, 0.1) is 10.6 Å².